The molecule has 128 valence electrons. The molecule has 3 rings (SSSR count). The Morgan fingerprint density at radius 3 is 2.70 bits per heavy atom. The Bertz CT molecular complexity index is 512. The molecular weight excluding hydrogens is 290 g/mol. The minimum absolute atomic E-state index is 0.368. The highest BCUT2D eigenvalue weighted by Gasteiger charge is 2.21. The van der Waals surface area contributed by atoms with E-state index in [1.54, 1.807) is 14.2 Å². The second-order valence-corrected chi connectivity index (χ2v) is 6.65. The third-order valence-corrected chi connectivity index (χ3v) is 4.99. The van der Waals surface area contributed by atoms with Gasteiger partial charge in [0.25, 0.3) is 0 Å². The van der Waals surface area contributed by atoms with Gasteiger partial charge in [-0.3, -0.25) is 4.90 Å². The van der Waals surface area contributed by atoms with E-state index in [4.69, 9.17) is 14.2 Å². The first-order valence-corrected chi connectivity index (χ1v) is 8.81. The van der Waals surface area contributed by atoms with E-state index in [-0.39, 0.29) is 0 Å². The van der Waals surface area contributed by atoms with Gasteiger partial charge < -0.3 is 14.2 Å². The smallest absolute Gasteiger partial charge is 0.123 e. The van der Waals surface area contributed by atoms with E-state index in [0.717, 1.165) is 38.6 Å². The summed E-state index contributed by atoms with van der Waals surface area (Å²) in [7, 11) is 3.54. The van der Waals surface area contributed by atoms with Crippen molar-refractivity contribution < 1.29 is 14.2 Å². The van der Waals surface area contributed by atoms with Crippen LogP contribution in [-0.2, 0) is 28.9 Å². The third-order valence-electron chi connectivity index (χ3n) is 4.99. The molecule has 1 aromatic carbocycles. The van der Waals surface area contributed by atoms with Gasteiger partial charge in [0.15, 0.2) is 0 Å². The minimum atomic E-state index is 0.368. The summed E-state index contributed by atoms with van der Waals surface area (Å²) in [6.45, 7) is 4.46. The van der Waals surface area contributed by atoms with Crippen LogP contribution in [-0.4, -0.2) is 51.5 Å². The van der Waals surface area contributed by atoms with Gasteiger partial charge in [0, 0.05) is 38.9 Å². The molecule has 1 heterocycles. The lowest BCUT2D eigenvalue weighted by Gasteiger charge is -2.26. The topological polar surface area (TPSA) is 30.9 Å². The predicted octanol–water partition coefficient (Wildman–Crippen LogP) is 2.81. The summed E-state index contributed by atoms with van der Waals surface area (Å²) in [5, 5.41) is 0. The number of ether oxygens (including phenoxy) is 3. The Labute approximate surface area is 139 Å². The van der Waals surface area contributed by atoms with Crippen LogP contribution in [0.25, 0.3) is 0 Å². The highest BCUT2D eigenvalue weighted by molar-refractivity contribution is 5.44. The Hall–Kier alpha value is -1.10. The molecule has 23 heavy (non-hydrogen) atoms. The van der Waals surface area contributed by atoms with Crippen molar-refractivity contribution in [2.24, 2.45) is 0 Å². The molecule has 1 saturated heterocycles. The SMILES string of the molecule is COCCN(Cc1cc2c(cc1OC)CCC2)C[C@@H]1CCCO1. The van der Waals surface area contributed by atoms with Gasteiger partial charge in [0.05, 0.1) is 19.8 Å². The fourth-order valence-electron chi connectivity index (χ4n) is 3.74. The van der Waals surface area contributed by atoms with Crippen molar-refractivity contribution in [3.63, 3.8) is 0 Å². The van der Waals surface area contributed by atoms with E-state index < -0.39 is 0 Å². The van der Waals surface area contributed by atoms with Crippen molar-refractivity contribution in [3.05, 3.63) is 28.8 Å². The van der Waals surface area contributed by atoms with Crippen molar-refractivity contribution in [3.8, 4) is 5.75 Å². The lowest BCUT2D eigenvalue weighted by molar-refractivity contribution is 0.0585. The van der Waals surface area contributed by atoms with E-state index in [0.29, 0.717) is 6.10 Å². The first-order valence-electron chi connectivity index (χ1n) is 8.81. The number of hydrogen-bond donors (Lipinski definition) is 0. The predicted molar refractivity (Wildman–Crippen MR) is 91.1 cm³/mol. The van der Waals surface area contributed by atoms with E-state index in [9.17, 15) is 0 Å². The lowest BCUT2D eigenvalue weighted by Crippen LogP contribution is -2.34. The van der Waals surface area contributed by atoms with E-state index in [1.165, 1.54) is 48.8 Å². The van der Waals surface area contributed by atoms with Crippen LogP contribution < -0.4 is 4.74 Å². The Balaban J connectivity index is 1.72. The normalized spacial score (nSPS) is 20.2. The highest BCUT2D eigenvalue weighted by atomic mass is 16.5. The quantitative estimate of drug-likeness (QED) is 0.737. The largest absolute Gasteiger partial charge is 0.496 e. The molecule has 1 aliphatic carbocycles. The molecule has 0 unspecified atom stereocenters. The molecule has 4 nitrogen and oxygen atoms in total. The number of benzene rings is 1. The zero-order valence-electron chi connectivity index (χ0n) is 14.5. The number of rotatable bonds is 8. The summed E-state index contributed by atoms with van der Waals surface area (Å²) < 4.78 is 16.8. The number of nitrogens with zero attached hydrogens (tertiary/aromatic N) is 1. The fraction of sp³-hybridized carbons (Fsp3) is 0.684. The van der Waals surface area contributed by atoms with Crippen molar-refractivity contribution >= 4 is 0 Å². The monoisotopic (exact) mass is 319 g/mol. The summed E-state index contributed by atoms with van der Waals surface area (Å²) in [4.78, 5) is 2.44. The zero-order valence-corrected chi connectivity index (χ0v) is 14.5. The first-order chi connectivity index (χ1) is 11.3. The molecule has 0 N–H and O–H groups in total. The van der Waals surface area contributed by atoms with E-state index >= 15 is 0 Å². The van der Waals surface area contributed by atoms with Crippen LogP contribution in [0.15, 0.2) is 12.1 Å². The van der Waals surface area contributed by atoms with Crippen LogP contribution in [0.4, 0.5) is 0 Å². The molecule has 0 amide bonds. The van der Waals surface area contributed by atoms with Gasteiger partial charge >= 0.3 is 0 Å². The van der Waals surface area contributed by atoms with Crippen molar-refractivity contribution in [1.82, 2.24) is 4.90 Å². The summed E-state index contributed by atoms with van der Waals surface area (Å²) in [6.07, 6.45) is 6.39. The van der Waals surface area contributed by atoms with Crippen LogP contribution in [0, 0.1) is 0 Å². The van der Waals surface area contributed by atoms with Crippen LogP contribution in [0.3, 0.4) is 0 Å². The summed E-state index contributed by atoms with van der Waals surface area (Å²) in [5.41, 5.74) is 4.26. The maximum absolute atomic E-state index is 5.82. The summed E-state index contributed by atoms with van der Waals surface area (Å²) >= 11 is 0. The Morgan fingerprint density at radius 1 is 1.17 bits per heavy atom. The van der Waals surface area contributed by atoms with E-state index in [1.807, 2.05) is 0 Å². The van der Waals surface area contributed by atoms with Crippen LogP contribution >= 0.6 is 0 Å². The van der Waals surface area contributed by atoms with Gasteiger partial charge in [0.2, 0.25) is 0 Å². The number of hydrogen-bond acceptors (Lipinski definition) is 4. The maximum Gasteiger partial charge on any atom is 0.123 e. The molecule has 0 saturated carbocycles. The van der Waals surface area contributed by atoms with Crippen molar-refractivity contribution in [2.45, 2.75) is 44.8 Å². The molecule has 1 aliphatic heterocycles. The average molecular weight is 319 g/mol. The Kier molecular flexibility index (Phi) is 5.92. The highest BCUT2D eigenvalue weighted by Crippen LogP contribution is 2.31. The van der Waals surface area contributed by atoms with Crippen LogP contribution in [0.2, 0.25) is 0 Å². The first kappa shape index (κ1) is 16.7. The van der Waals surface area contributed by atoms with Gasteiger partial charge in [-0.05, 0) is 49.3 Å². The van der Waals surface area contributed by atoms with Gasteiger partial charge in [-0.1, -0.05) is 6.07 Å². The Morgan fingerprint density at radius 2 is 2.00 bits per heavy atom. The molecule has 0 spiro atoms. The zero-order chi connectivity index (χ0) is 16.1. The number of aryl methyl sites for hydroxylation is 2. The molecule has 4 heteroatoms. The lowest BCUT2D eigenvalue weighted by atomic mass is 10.0. The molecule has 1 aromatic rings. The summed E-state index contributed by atoms with van der Waals surface area (Å²) in [6, 6.07) is 4.61. The van der Waals surface area contributed by atoms with Crippen molar-refractivity contribution in [1.29, 1.82) is 0 Å². The molecular formula is C19H29NO3. The average Bonchev–Trinajstić information content (AvgIpc) is 3.22. The minimum Gasteiger partial charge on any atom is -0.496 e. The third kappa shape index (κ3) is 4.25. The van der Waals surface area contributed by atoms with Crippen LogP contribution in [0.5, 0.6) is 5.75 Å². The maximum atomic E-state index is 5.82. The molecule has 1 atom stereocenters. The van der Waals surface area contributed by atoms with Gasteiger partial charge in [-0.2, -0.15) is 0 Å². The van der Waals surface area contributed by atoms with Crippen LogP contribution in [0.1, 0.15) is 36.0 Å². The summed E-state index contributed by atoms with van der Waals surface area (Å²) in [5.74, 6) is 1.03. The van der Waals surface area contributed by atoms with Gasteiger partial charge in [0.1, 0.15) is 5.75 Å². The molecule has 1 fully saturated rings. The van der Waals surface area contributed by atoms with E-state index in [2.05, 4.69) is 17.0 Å². The second kappa shape index (κ2) is 8.13. The number of fused-ring (bicyclic) bond motifs is 1. The van der Waals surface area contributed by atoms with Crippen molar-refractivity contribution in [2.75, 3.05) is 40.5 Å². The molecule has 0 aromatic heterocycles. The molecule has 0 bridgehead atoms. The molecule has 0 radical (unpaired) electrons. The number of methoxy groups -OCH3 is 2. The second-order valence-electron chi connectivity index (χ2n) is 6.65. The van der Waals surface area contributed by atoms with Gasteiger partial charge in [-0.25, -0.2) is 0 Å². The standard InChI is InChI=1S/C19H29NO3/c1-21-10-8-20(14-18-7-4-9-23-18)13-17-11-15-5-3-6-16(15)12-19(17)22-2/h11-12,18H,3-10,13-14H2,1-2H3/t18-/m0/s1. The molecule has 2 aliphatic rings. The van der Waals surface area contributed by atoms with Gasteiger partial charge in [-0.15, -0.1) is 0 Å². The fourth-order valence-corrected chi connectivity index (χ4v) is 3.74.